The first kappa shape index (κ1) is 12.5. The van der Waals surface area contributed by atoms with Gasteiger partial charge < -0.3 is 11.1 Å². The van der Waals surface area contributed by atoms with Crippen molar-refractivity contribution in [3.05, 3.63) is 65.9 Å². The number of hydrogen-bond acceptors (Lipinski definition) is 3. The van der Waals surface area contributed by atoms with E-state index in [0.717, 1.165) is 23.1 Å². The molecule has 0 atom stereocenters. The number of aromatic nitrogens is 1. The molecule has 0 amide bonds. The Bertz CT molecular complexity index is 750. The number of nitrogen functional groups attached to an aromatic ring is 1. The van der Waals surface area contributed by atoms with Gasteiger partial charge in [-0.05, 0) is 36.8 Å². The molecule has 0 aliphatic carbocycles. The second kappa shape index (κ2) is 5.21. The number of nitrogens with two attached hydrogens (primary N) is 1. The lowest BCUT2D eigenvalue weighted by Gasteiger charge is -2.11. The van der Waals surface area contributed by atoms with E-state index in [1.165, 1.54) is 11.1 Å². The molecule has 0 unspecified atom stereocenters. The molecule has 0 fully saturated rings. The summed E-state index contributed by atoms with van der Waals surface area (Å²) in [5.74, 6) is 0. The maximum absolute atomic E-state index is 5.96. The predicted octanol–water partition coefficient (Wildman–Crippen LogP) is 3.74. The highest BCUT2D eigenvalue weighted by Crippen LogP contribution is 2.26. The van der Waals surface area contributed by atoms with Crippen molar-refractivity contribution in [1.29, 1.82) is 0 Å². The van der Waals surface area contributed by atoms with Gasteiger partial charge in [0, 0.05) is 23.8 Å². The number of nitrogens with one attached hydrogen (secondary N) is 1. The largest absolute Gasteiger partial charge is 0.397 e. The number of fused-ring (bicyclic) bond motifs is 1. The van der Waals surface area contributed by atoms with E-state index in [1.807, 2.05) is 24.3 Å². The number of anilines is 2. The summed E-state index contributed by atoms with van der Waals surface area (Å²) in [6, 6.07) is 16.4. The van der Waals surface area contributed by atoms with Crippen LogP contribution in [0.4, 0.5) is 11.4 Å². The minimum Gasteiger partial charge on any atom is -0.397 e. The topological polar surface area (TPSA) is 50.9 Å². The van der Waals surface area contributed by atoms with Crippen LogP contribution < -0.4 is 11.1 Å². The van der Waals surface area contributed by atoms with Gasteiger partial charge in [0.25, 0.3) is 0 Å². The smallest absolute Gasteiger partial charge is 0.0951 e. The molecule has 1 heterocycles. The summed E-state index contributed by atoms with van der Waals surface area (Å²) in [5, 5.41) is 4.52. The van der Waals surface area contributed by atoms with Gasteiger partial charge >= 0.3 is 0 Å². The predicted molar refractivity (Wildman–Crippen MR) is 84.7 cm³/mol. The average molecular weight is 263 g/mol. The summed E-state index contributed by atoms with van der Waals surface area (Å²) >= 11 is 0. The standard InChI is InChI=1S/C17H17N3/c1-12-4-2-5-13(10-12)11-20-16-8-7-15(18)17-14(16)6-3-9-19-17/h2-10,20H,11,18H2,1H3. The zero-order valence-corrected chi connectivity index (χ0v) is 11.4. The molecule has 0 radical (unpaired) electrons. The van der Waals surface area contributed by atoms with Crippen molar-refractivity contribution in [2.45, 2.75) is 13.5 Å². The van der Waals surface area contributed by atoms with E-state index in [-0.39, 0.29) is 0 Å². The van der Waals surface area contributed by atoms with Crippen LogP contribution in [0, 0.1) is 6.92 Å². The quantitative estimate of drug-likeness (QED) is 0.708. The Labute approximate surface area is 118 Å². The van der Waals surface area contributed by atoms with Crippen LogP contribution in [0.5, 0.6) is 0 Å². The van der Waals surface area contributed by atoms with Crippen LogP contribution in [-0.4, -0.2) is 4.98 Å². The van der Waals surface area contributed by atoms with Crippen LogP contribution >= 0.6 is 0 Å². The third kappa shape index (κ3) is 2.43. The molecular formula is C17H17N3. The Morgan fingerprint density at radius 3 is 2.85 bits per heavy atom. The molecule has 0 bridgehead atoms. The Hall–Kier alpha value is -2.55. The van der Waals surface area contributed by atoms with Crippen LogP contribution in [0.15, 0.2) is 54.7 Å². The number of nitrogens with zero attached hydrogens (tertiary/aromatic N) is 1. The summed E-state index contributed by atoms with van der Waals surface area (Å²) < 4.78 is 0. The van der Waals surface area contributed by atoms with Crippen LogP contribution in [0.1, 0.15) is 11.1 Å². The van der Waals surface area contributed by atoms with Crippen molar-refractivity contribution in [2.75, 3.05) is 11.1 Å². The fraction of sp³-hybridized carbons (Fsp3) is 0.118. The first-order chi connectivity index (χ1) is 9.74. The second-order valence-electron chi connectivity index (χ2n) is 4.94. The number of hydrogen-bond donors (Lipinski definition) is 2. The third-order valence-electron chi connectivity index (χ3n) is 3.37. The first-order valence-corrected chi connectivity index (χ1v) is 6.66. The molecule has 0 aliphatic heterocycles. The number of benzene rings is 2. The summed E-state index contributed by atoms with van der Waals surface area (Å²) in [4.78, 5) is 4.35. The fourth-order valence-corrected chi connectivity index (χ4v) is 2.37. The van der Waals surface area contributed by atoms with Crippen molar-refractivity contribution in [3.8, 4) is 0 Å². The van der Waals surface area contributed by atoms with Crippen molar-refractivity contribution >= 4 is 22.3 Å². The Balaban J connectivity index is 1.90. The van der Waals surface area contributed by atoms with Gasteiger partial charge in [0.15, 0.2) is 0 Å². The lowest BCUT2D eigenvalue weighted by Crippen LogP contribution is -2.01. The molecule has 3 nitrogen and oxygen atoms in total. The van der Waals surface area contributed by atoms with Gasteiger partial charge in [0.05, 0.1) is 11.2 Å². The average Bonchev–Trinajstić information content (AvgIpc) is 2.47. The molecule has 100 valence electrons. The molecule has 0 saturated carbocycles. The zero-order chi connectivity index (χ0) is 13.9. The minimum absolute atomic E-state index is 0.710. The van der Waals surface area contributed by atoms with Gasteiger partial charge in [-0.2, -0.15) is 0 Å². The van der Waals surface area contributed by atoms with E-state index in [9.17, 15) is 0 Å². The maximum Gasteiger partial charge on any atom is 0.0951 e. The fourth-order valence-electron chi connectivity index (χ4n) is 2.37. The van der Waals surface area contributed by atoms with E-state index in [2.05, 4.69) is 41.5 Å². The molecule has 1 aromatic heterocycles. The van der Waals surface area contributed by atoms with E-state index in [1.54, 1.807) is 6.20 Å². The van der Waals surface area contributed by atoms with Crippen molar-refractivity contribution < 1.29 is 0 Å². The normalized spacial score (nSPS) is 10.7. The van der Waals surface area contributed by atoms with Crippen molar-refractivity contribution in [1.82, 2.24) is 4.98 Å². The van der Waals surface area contributed by atoms with Gasteiger partial charge in [-0.3, -0.25) is 4.98 Å². The molecular weight excluding hydrogens is 246 g/mol. The molecule has 3 aromatic rings. The summed E-state index contributed by atoms with van der Waals surface area (Å²) in [6.07, 6.45) is 1.77. The van der Waals surface area contributed by atoms with E-state index >= 15 is 0 Å². The Morgan fingerprint density at radius 1 is 1.10 bits per heavy atom. The summed E-state index contributed by atoms with van der Waals surface area (Å²) in [6.45, 7) is 2.89. The van der Waals surface area contributed by atoms with E-state index < -0.39 is 0 Å². The van der Waals surface area contributed by atoms with Gasteiger partial charge in [-0.15, -0.1) is 0 Å². The van der Waals surface area contributed by atoms with Crippen molar-refractivity contribution in [2.24, 2.45) is 0 Å². The molecule has 20 heavy (non-hydrogen) atoms. The number of aryl methyl sites for hydroxylation is 1. The van der Waals surface area contributed by atoms with Crippen LogP contribution in [0.3, 0.4) is 0 Å². The van der Waals surface area contributed by atoms with Crippen LogP contribution in [0.2, 0.25) is 0 Å². The zero-order valence-electron chi connectivity index (χ0n) is 11.4. The Morgan fingerprint density at radius 2 is 2.00 bits per heavy atom. The van der Waals surface area contributed by atoms with Gasteiger partial charge in [-0.25, -0.2) is 0 Å². The molecule has 2 aromatic carbocycles. The van der Waals surface area contributed by atoms with Gasteiger partial charge in [0.1, 0.15) is 0 Å². The highest BCUT2D eigenvalue weighted by atomic mass is 14.9. The van der Waals surface area contributed by atoms with Crippen molar-refractivity contribution in [3.63, 3.8) is 0 Å². The van der Waals surface area contributed by atoms with Crippen LogP contribution in [-0.2, 0) is 6.54 Å². The summed E-state index contributed by atoms with van der Waals surface area (Å²) in [5.41, 5.74) is 11.1. The van der Waals surface area contributed by atoms with E-state index in [4.69, 9.17) is 5.73 Å². The highest BCUT2D eigenvalue weighted by Gasteiger charge is 2.04. The number of pyridine rings is 1. The second-order valence-corrected chi connectivity index (χ2v) is 4.94. The SMILES string of the molecule is Cc1cccc(CNc2ccc(N)c3ncccc23)c1. The molecule has 0 saturated heterocycles. The third-order valence-corrected chi connectivity index (χ3v) is 3.37. The molecule has 3 N–H and O–H groups in total. The lowest BCUT2D eigenvalue weighted by molar-refractivity contribution is 1.14. The monoisotopic (exact) mass is 263 g/mol. The number of rotatable bonds is 3. The molecule has 3 rings (SSSR count). The van der Waals surface area contributed by atoms with E-state index in [0.29, 0.717) is 5.69 Å². The maximum atomic E-state index is 5.96. The van der Waals surface area contributed by atoms with Gasteiger partial charge in [-0.1, -0.05) is 29.8 Å². The minimum atomic E-state index is 0.710. The molecule has 0 aliphatic rings. The molecule has 0 spiro atoms. The van der Waals surface area contributed by atoms with Gasteiger partial charge in [0.2, 0.25) is 0 Å². The Kier molecular flexibility index (Phi) is 3.25. The summed E-state index contributed by atoms with van der Waals surface area (Å²) in [7, 11) is 0. The highest BCUT2D eigenvalue weighted by molar-refractivity contribution is 5.98. The first-order valence-electron chi connectivity index (χ1n) is 6.66. The lowest BCUT2D eigenvalue weighted by atomic mass is 10.1. The molecule has 3 heteroatoms. The van der Waals surface area contributed by atoms with Crippen LogP contribution in [0.25, 0.3) is 10.9 Å².